The maximum atomic E-state index is 13.5. The fraction of sp³-hybridized carbons (Fsp3) is 0.154. The van der Waals surface area contributed by atoms with Crippen LogP contribution in [0.5, 0.6) is 0 Å². The molecule has 0 aliphatic carbocycles. The van der Waals surface area contributed by atoms with Crippen LogP contribution in [0, 0.1) is 5.82 Å². The molecule has 0 aliphatic heterocycles. The maximum absolute atomic E-state index is 13.5. The summed E-state index contributed by atoms with van der Waals surface area (Å²) in [6.07, 6.45) is 0.158. The predicted molar refractivity (Wildman–Crippen MR) is 86.2 cm³/mol. The van der Waals surface area contributed by atoms with Crippen LogP contribution in [0.4, 0.5) is 21.7 Å². The fourth-order valence-corrected chi connectivity index (χ4v) is 2.53. The Morgan fingerprint density at radius 3 is 2.59 bits per heavy atom. The molecule has 0 bridgehead atoms. The van der Waals surface area contributed by atoms with Crippen LogP contribution < -0.4 is 16.8 Å². The molecule has 5 N–H and O–H groups in total. The lowest BCUT2D eigenvalue weighted by Crippen LogP contribution is -2.13. The Morgan fingerprint density at radius 2 is 1.95 bits per heavy atom. The van der Waals surface area contributed by atoms with Crippen LogP contribution in [0.15, 0.2) is 29.4 Å². The van der Waals surface area contributed by atoms with Crippen LogP contribution >= 0.6 is 23.4 Å². The van der Waals surface area contributed by atoms with Gasteiger partial charge in [0.15, 0.2) is 5.16 Å². The van der Waals surface area contributed by atoms with Gasteiger partial charge in [-0.1, -0.05) is 23.4 Å². The minimum Gasteiger partial charge on any atom is -0.383 e. The van der Waals surface area contributed by atoms with Crippen LogP contribution in [-0.4, -0.2) is 21.6 Å². The second-order valence-corrected chi connectivity index (χ2v) is 5.77. The summed E-state index contributed by atoms with van der Waals surface area (Å²) in [7, 11) is 0. The van der Waals surface area contributed by atoms with Gasteiger partial charge >= 0.3 is 0 Å². The van der Waals surface area contributed by atoms with E-state index in [1.807, 2.05) is 0 Å². The first-order valence-electron chi connectivity index (χ1n) is 6.22. The monoisotopic (exact) mass is 341 g/mol. The zero-order valence-electron chi connectivity index (χ0n) is 11.3. The molecule has 1 amide bonds. The number of nitrogen functional groups attached to an aromatic ring is 2. The van der Waals surface area contributed by atoms with Crippen LogP contribution in [0.25, 0.3) is 0 Å². The largest absolute Gasteiger partial charge is 0.383 e. The Morgan fingerprint density at radius 1 is 1.27 bits per heavy atom. The van der Waals surface area contributed by atoms with E-state index in [0.717, 1.165) is 6.07 Å². The average molecular weight is 342 g/mol. The molecule has 0 spiro atoms. The number of rotatable bonds is 5. The highest BCUT2D eigenvalue weighted by Gasteiger charge is 2.09. The van der Waals surface area contributed by atoms with Crippen LogP contribution in [-0.2, 0) is 4.79 Å². The summed E-state index contributed by atoms with van der Waals surface area (Å²) in [6, 6.07) is 5.48. The third kappa shape index (κ3) is 4.74. The van der Waals surface area contributed by atoms with Gasteiger partial charge in [-0.3, -0.25) is 4.79 Å². The molecule has 1 heterocycles. The van der Waals surface area contributed by atoms with E-state index < -0.39 is 5.82 Å². The lowest BCUT2D eigenvalue weighted by Gasteiger charge is -2.06. The Balaban J connectivity index is 1.85. The molecule has 22 heavy (non-hydrogen) atoms. The number of halogens is 2. The zero-order chi connectivity index (χ0) is 16.1. The number of anilines is 3. The molecule has 116 valence electrons. The minimum absolute atomic E-state index is 0.0869. The van der Waals surface area contributed by atoms with Gasteiger partial charge in [0, 0.05) is 23.3 Å². The van der Waals surface area contributed by atoms with Crippen molar-refractivity contribution in [2.24, 2.45) is 0 Å². The first-order chi connectivity index (χ1) is 10.4. The summed E-state index contributed by atoms with van der Waals surface area (Å²) >= 11 is 6.88. The molecule has 0 saturated heterocycles. The average Bonchev–Trinajstić information content (AvgIpc) is 2.41. The normalized spacial score (nSPS) is 10.5. The molecule has 0 radical (unpaired) electrons. The summed E-state index contributed by atoms with van der Waals surface area (Å²) in [5.41, 5.74) is 11.2. The number of hydrogen-bond acceptors (Lipinski definition) is 6. The van der Waals surface area contributed by atoms with Gasteiger partial charge in [0.1, 0.15) is 17.5 Å². The van der Waals surface area contributed by atoms with Crippen molar-refractivity contribution in [1.29, 1.82) is 0 Å². The SMILES string of the molecule is Nc1cc(N)nc(SCCC(=O)Nc2ccc(Cl)cc2F)n1. The molecule has 0 aliphatic rings. The molecule has 0 saturated carbocycles. The quantitative estimate of drug-likeness (QED) is 0.570. The number of thioether (sulfide) groups is 1. The lowest BCUT2D eigenvalue weighted by atomic mass is 10.3. The van der Waals surface area contributed by atoms with Crippen molar-refractivity contribution in [3.63, 3.8) is 0 Å². The van der Waals surface area contributed by atoms with Gasteiger partial charge in [-0.15, -0.1) is 0 Å². The Labute approximate surface area is 135 Å². The van der Waals surface area contributed by atoms with E-state index >= 15 is 0 Å². The molecule has 1 aromatic carbocycles. The Hall–Kier alpha value is -2.06. The molecule has 0 atom stereocenters. The second kappa shape index (κ2) is 7.28. The number of nitrogens with zero attached hydrogens (tertiary/aromatic N) is 2. The predicted octanol–water partition coefficient (Wildman–Crippen LogP) is 2.55. The molecule has 6 nitrogen and oxygen atoms in total. The highest BCUT2D eigenvalue weighted by atomic mass is 35.5. The molecule has 2 aromatic rings. The third-order valence-electron chi connectivity index (χ3n) is 2.51. The van der Waals surface area contributed by atoms with E-state index in [1.54, 1.807) is 0 Å². The molecule has 0 fully saturated rings. The number of hydrogen-bond donors (Lipinski definition) is 3. The van der Waals surface area contributed by atoms with E-state index in [4.69, 9.17) is 23.1 Å². The smallest absolute Gasteiger partial charge is 0.225 e. The second-order valence-electron chi connectivity index (χ2n) is 4.27. The standard InChI is InChI=1S/C13H13ClFN5OS/c14-7-1-2-9(8(15)5-7)18-12(21)3-4-22-13-19-10(16)6-11(17)20-13/h1-2,5-6H,3-4H2,(H,18,21)(H4,16,17,19,20). The lowest BCUT2D eigenvalue weighted by molar-refractivity contribution is -0.115. The summed E-state index contributed by atoms with van der Waals surface area (Å²) in [5.74, 6) is 0.0284. The number of benzene rings is 1. The number of carbonyl (C=O) groups excluding carboxylic acids is 1. The van der Waals surface area contributed by atoms with Crippen LogP contribution in [0.2, 0.25) is 5.02 Å². The topological polar surface area (TPSA) is 107 Å². The number of amides is 1. The molecule has 1 aromatic heterocycles. The van der Waals surface area contributed by atoms with Crippen molar-refractivity contribution < 1.29 is 9.18 Å². The van der Waals surface area contributed by atoms with Gasteiger partial charge in [0.2, 0.25) is 5.91 Å². The van der Waals surface area contributed by atoms with E-state index in [9.17, 15) is 9.18 Å². The summed E-state index contributed by atoms with van der Waals surface area (Å²) in [4.78, 5) is 19.7. The Bertz CT molecular complexity index is 680. The van der Waals surface area contributed by atoms with Crippen molar-refractivity contribution in [2.75, 3.05) is 22.5 Å². The first-order valence-corrected chi connectivity index (χ1v) is 7.58. The van der Waals surface area contributed by atoms with Gasteiger partial charge < -0.3 is 16.8 Å². The van der Waals surface area contributed by atoms with Crippen LogP contribution in [0.3, 0.4) is 0 Å². The summed E-state index contributed by atoms with van der Waals surface area (Å²) < 4.78 is 13.5. The molecule has 9 heteroatoms. The molecular formula is C13H13ClFN5OS. The maximum Gasteiger partial charge on any atom is 0.225 e. The van der Waals surface area contributed by atoms with Gasteiger partial charge in [0.05, 0.1) is 5.69 Å². The number of nitrogens with two attached hydrogens (primary N) is 2. The first kappa shape index (κ1) is 16.3. The highest BCUT2D eigenvalue weighted by Crippen LogP contribution is 2.20. The van der Waals surface area contributed by atoms with Crippen LogP contribution in [0.1, 0.15) is 6.42 Å². The number of carbonyl (C=O) groups is 1. The highest BCUT2D eigenvalue weighted by molar-refractivity contribution is 7.99. The third-order valence-corrected chi connectivity index (χ3v) is 3.59. The molecule has 0 unspecified atom stereocenters. The van der Waals surface area contributed by atoms with Crippen molar-refractivity contribution in [3.05, 3.63) is 35.1 Å². The van der Waals surface area contributed by atoms with Gasteiger partial charge in [-0.25, -0.2) is 14.4 Å². The van der Waals surface area contributed by atoms with Crippen molar-refractivity contribution in [3.8, 4) is 0 Å². The summed E-state index contributed by atoms with van der Waals surface area (Å²) in [6.45, 7) is 0. The van der Waals surface area contributed by atoms with E-state index in [0.29, 0.717) is 10.9 Å². The van der Waals surface area contributed by atoms with Crippen molar-refractivity contribution in [2.45, 2.75) is 11.6 Å². The van der Waals surface area contributed by atoms with Gasteiger partial charge in [0.25, 0.3) is 0 Å². The van der Waals surface area contributed by atoms with Crippen molar-refractivity contribution in [1.82, 2.24) is 9.97 Å². The minimum atomic E-state index is -0.583. The molecule has 2 rings (SSSR count). The van der Waals surface area contributed by atoms with E-state index in [1.165, 1.54) is 30.0 Å². The van der Waals surface area contributed by atoms with Crippen molar-refractivity contribution >= 4 is 46.6 Å². The fourth-order valence-electron chi connectivity index (χ4n) is 1.57. The Kier molecular flexibility index (Phi) is 5.40. The number of aromatic nitrogens is 2. The molecular weight excluding hydrogens is 329 g/mol. The zero-order valence-corrected chi connectivity index (χ0v) is 12.9. The summed E-state index contributed by atoms with van der Waals surface area (Å²) in [5, 5.41) is 3.13. The van der Waals surface area contributed by atoms with Gasteiger partial charge in [-0.2, -0.15) is 0 Å². The van der Waals surface area contributed by atoms with Gasteiger partial charge in [-0.05, 0) is 18.2 Å². The van der Waals surface area contributed by atoms with E-state index in [2.05, 4.69) is 15.3 Å². The number of nitrogens with one attached hydrogen (secondary N) is 1. The van der Waals surface area contributed by atoms with E-state index in [-0.39, 0.29) is 34.7 Å².